The van der Waals surface area contributed by atoms with Crippen LogP contribution in [0.25, 0.3) is 0 Å². The van der Waals surface area contributed by atoms with Crippen LogP contribution in [-0.2, 0) is 17.1 Å². The van der Waals surface area contributed by atoms with Crippen LogP contribution in [0.1, 0.15) is 30.9 Å². The summed E-state index contributed by atoms with van der Waals surface area (Å²) in [5.41, 5.74) is 5.06. The second kappa shape index (κ2) is 7.50. The number of aromatic amines is 1. The van der Waals surface area contributed by atoms with Gasteiger partial charge < -0.3 is 10.6 Å². The molecule has 0 saturated carbocycles. The molecule has 0 bridgehead atoms. The minimum Gasteiger partial charge on any atom is -0.369 e. The van der Waals surface area contributed by atoms with Crippen LogP contribution < -0.4 is 16.2 Å². The molecule has 0 radical (unpaired) electrons. The summed E-state index contributed by atoms with van der Waals surface area (Å²) < 4.78 is 28.0. The van der Waals surface area contributed by atoms with Crippen LogP contribution in [0.5, 0.6) is 0 Å². The number of benzene rings is 1. The van der Waals surface area contributed by atoms with Crippen molar-refractivity contribution in [2.24, 2.45) is 11.1 Å². The summed E-state index contributed by atoms with van der Waals surface area (Å²) in [6, 6.07) is 6.22. The van der Waals surface area contributed by atoms with E-state index in [0.29, 0.717) is 37.2 Å². The molecular weight excluding hydrogens is 390 g/mol. The Kier molecular flexibility index (Phi) is 5.43. The first-order valence-corrected chi connectivity index (χ1v) is 9.26. The number of amides is 1. The van der Waals surface area contributed by atoms with Gasteiger partial charge in [-0.25, -0.2) is 13.9 Å². The lowest BCUT2D eigenvalue weighted by Gasteiger charge is -2.41. The molecule has 0 unspecified atom stereocenters. The lowest BCUT2D eigenvalue weighted by Crippen LogP contribution is -2.49. The first kappa shape index (κ1) is 20.3. The summed E-state index contributed by atoms with van der Waals surface area (Å²) in [7, 11) is 0. The van der Waals surface area contributed by atoms with Gasteiger partial charge in [0.05, 0.1) is 17.3 Å². The van der Waals surface area contributed by atoms with E-state index in [9.17, 15) is 18.4 Å². The molecule has 3 N–H and O–H groups in total. The number of carbonyl (C=O) groups is 1. The topological polar surface area (TPSA) is 92.1 Å². The van der Waals surface area contributed by atoms with Crippen LogP contribution in [0.3, 0.4) is 0 Å². The first-order chi connectivity index (χ1) is 13.1. The number of primary amides is 1. The Morgan fingerprint density at radius 1 is 1.36 bits per heavy atom. The molecule has 9 heteroatoms. The number of carbonyl (C=O) groups excluding carboxylic acids is 1. The van der Waals surface area contributed by atoms with Gasteiger partial charge in [-0.3, -0.25) is 9.59 Å². The van der Waals surface area contributed by atoms with Crippen molar-refractivity contribution >= 4 is 23.2 Å². The Labute approximate surface area is 165 Å². The number of H-pyrrole nitrogens is 1. The van der Waals surface area contributed by atoms with Crippen molar-refractivity contribution < 1.29 is 13.6 Å². The maximum Gasteiger partial charge on any atom is 0.285 e. The van der Waals surface area contributed by atoms with E-state index >= 15 is 0 Å². The van der Waals surface area contributed by atoms with E-state index in [-0.39, 0.29) is 17.0 Å². The molecule has 1 fully saturated rings. The molecule has 1 aromatic carbocycles. The Morgan fingerprint density at radius 2 is 2.00 bits per heavy atom. The van der Waals surface area contributed by atoms with Crippen molar-refractivity contribution in [2.45, 2.75) is 32.1 Å². The van der Waals surface area contributed by atoms with E-state index in [1.54, 1.807) is 18.2 Å². The third-order valence-electron chi connectivity index (χ3n) is 5.38. The van der Waals surface area contributed by atoms with Gasteiger partial charge in [-0.2, -0.15) is 5.10 Å². The molecular formula is C19H21ClF2N4O2. The zero-order chi connectivity index (χ0) is 20.5. The second-order valence-electron chi connectivity index (χ2n) is 7.25. The zero-order valence-corrected chi connectivity index (χ0v) is 16.1. The molecule has 1 aliphatic rings. The summed E-state index contributed by atoms with van der Waals surface area (Å²) in [5, 5.41) is 6.04. The molecule has 6 nitrogen and oxygen atoms in total. The Hall–Kier alpha value is -2.48. The number of nitrogens with two attached hydrogens (primary N) is 1. The fourth-order valence-electron chi connectivity index (χ4n) is 3.75. The van der Waals surface area contributed by atoms with Crippen LogP contribution in [0, 0.1) is 5.41 Å². The number of halogens is 3. The van der Waals surface area contributed by atoms with Gasteiger partial charge in [0, 0.05) is 25.6 Å². The number of nitrogens with zero attached hydrogens (tertiary/aromatic N) is 2. The minimum atomic E-state index is -3.01. The van der Waals surface area contributed by atoms with Crippen LogP contribution in [0.4, 0.5) is 14.5 Å². The second-order valence-corrected chi connectivity index (χ2v) is 7.63. The Morgan fingerprint density at radius 3 is 2.61 bits per heavy atom. The summed E-state index contributed by atoms with van der Waals surface area (Å²) in [4.78, 5) is 25.9. The standard InChI is InChI=1S/C19H21ClF2N4O2/c1-18(21,22)13-5-3-2-4-12(13)10-19(17(23)28)6-8-26(9-7-19)14-11-24-25-16(27)15(14)20/h2-5,11H,6-10H2,1H3,(H2,23,28)(H,25,27). The average molecular weight is 411 g/mol. The molecule has 0 spiro atoms. The minimum absolute atomic E-state index is 0.0255. The number of rotatable bonds is 5. The van der Waals surface area contributed by atoms with Gasteiger partial charge in [-0.1, -0.05) is 35.9 Å². The van der Waals surface area contributed by atoms with Gasteiger partial charge in [-0.15, -0.1) is 0 Å². The molecule has 0 aliphatic carbocycles. The number of aromatic nitrogens is 2. The van der Waals surface area contributed by atoms with E-state index in [2.05, 4.69) is 10.2 Å². The van der Waals surface area contributed by atoms with E-state index in [0.717, 1.165) is 6.92 Å². The summed E-state index contributed by atoms with van der Waals surface area (Å²) in [6.45, 7) is 1.64. The number of nitrogens with one attached hydrogen (secondary N) is 1. The Balaban J connectivity index is 1.86. The zero-order valence-electron chi connectivity index (χ0n) is 15.3. The predicted octanol–water partition coefficient (Wildman–Crippen LogP) is 2.85. The smallest absolute Gasteiger partial charge is 0.285 e. The summed E-state index contributed by atoms with van der Waals surface area (Å²) in [6.07, 6.45) is 2.30. The molecule has 3 rings (SSSR count). The van der Waals surface area contributed by atoms with Gasteiger partial charge in [-0.05, 0) is 24.8 Å². The van der Waals surface area contributed by atoms with E-state index in [1.807, 2.05) is 4.90 Å². The maximum atomic E-state index is 14.0. The number of hydrogen-bond donors (Lipinski definition) is 2. The molecule has 2 heterocycles. The van der Waals surface area contributed by atoms with E-state index in [1.165, 1.54) is 12.3 Å². The predicted molar refractivity (Wildman–Crippen MR) is 103 cm³/mol. The van der Waals surface area contributed by atoms with Crippen molar-refractivity contribution in [3.8, 4) is 0 Å². The third kappa shape index (κ3) is 3.87. The molecule has 1 aliphatic heterocycles. The maximum absolute atomic E-state index is 14.0. The number of piperidine rings is 1. The highest BCUT2D eigenvalue weighted by molar-refractivity contribution is 6.33. The van der Waals surface area contributed by atoms with Gasteiger partial charge >= 0.3 is 0 Å². The third-order valence-corrected chi connectivity index (χ3v) is 5.75. The fourth-order valence-corrected chi connectivity index (χ4v) is 3.96. The van der Waals surface area contributed by atoms with Gasteiger partial charge in [0.2, 0.25) is 5.91 Å². The molecule has 150 valence electrons. The highest BCUT2D eigenvalue weighted by atomic mass is 35.5. The number of hydrogen-bond acceptors (Lipinski definition) is 4. The van der Waals surface area contributed by atoms with Crippen LogP contribution in [0.2, 0.25) is 5.02 Å². The fraction of sp³-hybridized carbons (Fsp3) is 0.421. The molecule has 2 aromatic rings. The summed E-state index contributed by atoms with van der Waals surface area (Å²) >= 11 is 6.06. The molecule has 0 atom stereocenters. The molecule has 1 amide bonds. The van der Waals surface area contributed by atoms with E-state index in [4.69, 9.17) is 17.3 Å². The van der Waals surface area contributed by atoms with Crippen LogP contribution >= 0.6 is 11.6 Å². The van der Waals surface area contributed by atoms with Crippen LogP contribution in [-0.4, -0.2) is 29.2 Å². The highest BCUT2D eigenvalue weighted by Gasteiger charge is 2.42. The quantitative estimate of drug-likeness (QED) is 0.792. The van der Waals surface area contributed by atoms with Gasteiger partial charge in [0.25, 0.3) is 11.5 Å². The first-order valence-electron chi connectivity index (χ1n) is 8.88. The SMILES string of the molecule is CC(F)(F)c1ccccc1CC1(C(N)=O)CCN(c2cn[nH]c(=O)c2Cl)CC1. The summed E-state index contributed by atoms with van der Waals surface area (Å²) in [5.74, 6) is -3.53. The average Bonchev–Trinajstić information content (AvgIpc) is 2.64. The molecule has 1 aromatic heterocycles. The lowest BCUT2D eigenvalue weighted by molar-refractivity contribution is -0.128. The van der Waals surface area contributed by atoms with Crippen molar-refractivity contribution in [3.63, 3.8) is 0 Å². The van der Waals surface area contributed by atoms with Crippen molar-refractivity contribution in [3.05, 3.63) is 57.0 Å². The van der Waals surface area contributed by atoms with Crippen molar-refractivity contribution in [1.82, 2.24) is 10.2 Å². The largest absolute Gasteiger partial charge is 0.369 e. The molecule has 28 heavy (non-hydrogen) atoms. The number of alkyl halides is 2. The van der Waals surface area contributed by atoms with Crippen molar-refractivity contribution in [1.29, 1.82) is 0 Å². The van der Waals surface area contributed by atoms with Crippen LogP contribution in [0.15, 0.2) is 35.3 Å². The van der Waals surface area contributed by atoms with Gasteiger partial charge in [0.15, 0.2) is 0 Å². The Bertz CT molecular complexity index is 934. The molecule has 1 saturated heterocycles. The normalized spacial score (nSPS) is 16.8. The monoisotopic (exact) mass is 410 g/mol. The number of anilines is 1. The van der Waals surface area contributed by atoms with Gasteiger partial charge in [0.1, 0.15) is 5.02 Å². The lowest BCUT2D eigenvalue weighted by atomic mass is 9.72. The highest BCUT2D eigenvalue weighted by Crippen LogP contribution is 2.40. The van der Waals surface area contributed by atoms with E-state index < -0.39 is 22.8 Å². The van der Waals surface area contributed by atoms with Crippen molar-refractivity contribution in [2.75, 3.05) is 18.0 Å².